The highest BCUT2D eigenvalue weighted by Crippen LogP contribution is 2.32. The van der Waals surface area contributed by atoms with Crippen LogP contribution in [0.4, 0.5) is 0 Å². The van der Waals surface area contributed by atoms with Gasteiger partial charge in [-0.1, -0.05) is 44.2 Å². The molecule has 0 spiro atoms. The zero-order valence-corrected chi connectivity index (χ0v) is 15.8. The number of pyridine rings is 1. The van der Waals surface area contributed by atoms with E-state index in [2.05, 4.69) is 96.5 Å². The Bertz CT molecular complexity index is 1090. The summed E-state index contributed by atoms with van der Waals surface area (Å²) < 4.78 is 4.66. The smallest absolute Gasteiger partial charge is 0.264 e. The number of para-hydroxylation sites is 3. The molecule has 0 fully saturated rings. The molecule has 4 aromatic rings. The highest BCUT2D eigenvalue weighted by atomic mass is 15.2. The van der Waals surface area contributed by atoms with E-state index in [9.17, 15) is 0 Å². The van der Waals surface area contributed by atoms with Crippen LogP contribution in [0, 0.1) is 6.92 Å². The monoisotopic (exact) mass is 342 g/mol. The van der Waals surface area contributed by atoms with E-state index in [1.54, 1.807) is 0 Å². The van der Waals surface area contributed by atoms with E-state index in [1.807, 2.05) is 12.4 Å². The van der Waals surface area contributed by atoms with Crippen molar-refractivity contribution < 1.29 is 4.57 Å². The molecule has 0 aliphatic carbocycles. The summed E-state index contributed by atoms with van der Waals surface area (Å²) in [6.07, 6.45) is 3.83. The van der Waals surface area contributed by atoms with Gasteiger partial charge in [-0.05, 0) is 42.7 Å². The van der Waals surface area contributed by atoms with Gasteiger partial charge in [-0.2, -0.15) is 4.57 Å². The molecule has 4 rings (SSSR count). The Labute approximate surface area is 154 Å². The summed E-state index contributed by atoms with van der Waals surface area (Å²) in [6.45, 7) is 6.65. The molecule has 0 bridgehead atoms. The lowest BCUT2D eigenvalue weighted by atomic mass is 10.0. The Morgan fingerprint density at radius 3 is 2.46 bits per heavy atom. The molecule has 0 aliphatic rings. The Balaban J connectivity index is 2.16. The molecule has 2 heterocycles. The number of hydrogen-bond acceptors (Lipinski definition) is 1. The van der Waals surface area contributed by atoms with Crippen molar-refractivity contribution in [1.29, 1.82) is 0 Å². The van der Waals surface area contributed by atoms with Crippen molar-refractivity contribution in [2.75, 3.05) is 0 Å². The molecule has 0 amide bonds. The van der Waals surface area contributed by atoms with E-state index in [-0.39, 0.29) is 0 Å². The standard InChI is InChI=1S/C23H24N3/c1-16(2)18-9-5-6-10-20(18)26-22-12-8-7-11-21(22)25(4)23(26)19-15-24-14-13-17(19)3/h5-16H,1-4H3/q+1. The predicted molar refractivity (Wildman–Crippen MR) is 107 cm³/mol. The number of nitrogens with zero attached hydrogens (tertiary/aromatic N) is 3. The van der Waals surface area contributed by atoms with E-state index in [0.29, 0.717) is 5.92 Å². The molecule has 26 heavy (non-hydrogen) atoms. The van der Waals surface area contributed by atoms with Gasteiger partial charge in [0.05, 0.1) is 12.6 Å². The van der Waals surface area contributed by atoms with Crippen LogP contribution in [0.3, 0.4) is 0 Å². The molecule has 3 nitrogen and oxygen atoms in total. The van der Waals surface area contributed by atoms with Crippen molar-refractivity contribution in [3.05, 3.63) is 78.1 Å². The molecule has 0 N–H and O–H groups in total. The van der Waals surface area contributed by atoms with Crippen LogP contribution in [0.25, 0.3) is 28.1 Å². The summed E-state index contributed by atoms with van der Waals surface area (Å²) in [5.74, 6) is 1.60. The number of aromatic nitrogens is 3. The van der Waals surface area contributed by atoms with Crippen molar-refractivity contribution >= 4 is 11.0 Å². The molecular weight excluding hydrogens is 318 g/mol. The van der Waals surface area contributed by atoms with Gasteiger partial charge in [0.2, 0.25) is 0 Å². The SMILES string of the molecule is Cc1ccncc1-c1n(-c2ccccc2C(C)C)c2ccccc2[n+]1C. The third-order valence-corrected chi connectivity index (χ3v) is 5.09. The summed E-state index contributed by atoms with van der Waals surface area (Å²) in [5, 5.41) is 0. The topological polar surface area (TPSA) is 21.7 Å². The molecule has 0 aliphatic heterocycles. The minimum Gasteiger partial charge on any atom is -0.264 e. The summed E-state index contributed by atoms with van der Waals surface area (Å²) in [4.78, 5) is 4.40. The van der Waals surface area contributed by atoms with Gasteiger partial charge in [0.15, 0.2) is 11.0 Å². The van der Waals surface area contributed by atoms with Gasteiger partial charge in [-0.25, -0.2) is 4.57 Å². The predicted octanol–water partition coefficient (Wildman–Crippen LogP) is 4.95. The van der Waals surface area contributed by atoms with E-state index >= 15 is 0 Å². The van der Waals surface area contributed by atoms with Gasteiger partial charge < -0.3 is 0 Å². The molecule has 0 radical (unpaired) electrons. The molecular formula is C23H24N3+. The van der Waals surface area contributed by atoms with E-state index < -0.39 is 0 Å². The van der Waals surface area contributed by atoms with E-state index in [4.69, 9.17) is 0 Å². The lowest BCUT2D eigenvalue weighted by molar-refractivity contribution is -0.633. The average molecular weight is 342 g/mol. The van der Waals surface area contributed by atoms with Crippen LogP contribution in [0.1, 0.15) is 30.9 Å². The van der Waals surface area contributed by atoms with Crippen LogP contribution in [0.5, 0.6) is 0 Å². The summed E-state index contributed by atoms with van der Waals surface area (Å²) in [5.41, 5.74) is 7.38. The Kier molecular flexibility index (Phi) is 4.08. The maximum absolute atomic E-state index is 4.40. The normalized spacial score (nSPS) is 11.4. The number of rotatable bonds is 3. The zero-order valence-electron chi connectivity index (χ0n) is 15.8. The van der Waals surface area contributed by atoms with Crippen molar-refractivity contribution in [3.63, 3.8) is 0 Å². The van der Waals surface area contributed by atoms with Crippen LogP contribution < -0.4 is 4.57 Å². The van der Waals surface area contributed by atoms with E-state index in [0.717, 1.165) is 11.4 Å². The van der Waals surface area contributed by atoms with Crippen molar-refractivity contribution in [2.45, 2.75) is 26.7 Å². The fourth-order valence-corrected chi connectivity index (χ4v) is 3.74. The van der Waals surface area contributed by atoms with Gasteiger partial charge in [0, 0.05) is 18.0 Å². The first-order valence-electron chi connectivity index (χ1n) is 9.09. The molecule has 0 saturated heterocycles. The molecule has 2 aromatic heterocycles. The minimum atomic E-state index is 0.445. The van der Waals surface area contributed by atoms with E-state index in [1.165, 1.54) is 27.8 Å². The van der Waals surface area contributed by atoms with Crippen molar-refractivity contribution in [3.8, 4) is 17.1 Å². The molecule has 0 atom stereocenters. The second-order valence-corrected chi connectivity index (χ2v) is 7.11. The van der Waals surface area contributed by atoms with Crippen LogP contribution in [-0.2, 0) is 7.05 Å². The third kappa shape index (κ3) is 2.51. The summed E-state index contributed by atoms with van der Waals surface area (Å²) in [6, 6.07) is 19.4. The average Bonchev–Trinajstić information content (AvgIpc) is 2.95. The van der Waals surface area contributed by atoms with Crippen LogP contribution >= 0.6 is 0 Å². The minimum absolute atomic E-state index is 0.445. The maximum Gasteiger partial charge on any atom is 0.296 e. The lowest BCUT2D eigenvalue weighted by Gasteiger charge is -2.12. The number of aryl methyl sites for hydroxylation is 2. The molecule has 130 valence electrons. The maximum atomic E-state index is 4.40. The summed E-state index contributed by atoms with van der Waals surface area (Å²) >= 11 is 0. The fraction of sp³-hybridized carbons (Fsp3) is 0.217. The number of imidazole rings is 1. The van der Waals surface area contributed by atoms with Crippen LogP contribution in [0.15, 0.2) is 67.0 Å². The molecule has 3 heteroatoms. The number of hydrogen-bond donors (Lipinski definition) is 0. The Morgan fingerprint density at radius 1 is 0.962 bits per heavy atom. The first kappa shape index (κ1) is 16.5. The van der Waals surface area contributed by atoms with Gasteiger partial charge in [-0.3, -0.25) is 4.98 Å². The second-order valence-electron chi connectivity index (χ2n) is 7.11. The first-order valence-corrected chi connectivity index (χ1v) is 9.09. The number of benzene rings is 2. The molecule has 2 aromatic carbocycles. The largest absolute Gasteiger partial charge is 0.296 e. The highest BCUT2D eigenvalue weighted by molar-refractivity contribution is 5.80. The number of fused-ring (bicyclic) bond motifs is 1. The quantitative estimate of drug-likeness (QED) is 0.483. The van der Waals surface area contributed by atoms with Gasteiger partial charge >= 0.3 is 0 Å². The van der Waals surface area contributed by atoms with Gasteiger partial charge in [0.25, 0.3) is 5.82 Å². The van der Waals surface area contributed by atoms with Gasteiger partial charge in [0.1, 0.15) is 5.69 Å². The Morgan fingerprint density at radius 2 is 1.69 bits per heavy atom. The second kappa shape index (κ2) is 6.41. The third-order valence-electron chi connectivity index (χ3n) is 5.09. The molecule has 0 unspecified atom stereocenters. The highest BCUT2D eigenvalue weighted by Gasteiger charge is 2.28. The van der Waals surface area contributed by atoms with Gasteiger partial charge in [-0.15, -0.1) is 0 Å². The zero-order chi connectivity index (χ0) is 18.3. The Hall–Kier alpha value is -2.94. The van der Waals surface area contributed by atoms with Crippen LogP contribution in [0.2, 0.25) is 0 Å². The van der Waals surface area contributed by atoms with Crippen LogP contribution in [-0.4, -0.2) is 9.55 Å². The van der Waals surface area contributed by atoms with Crippen molar-refractivity contribution in [2.24, 2.45) is 7.05 Å². The van der Waals surface area contributed by atoms with Crippen molar-refractivity contribution in [1.82, 2.24) is 9.55 Å². The molecule has 0 saturated carbocycles. The fourth-order valence-electron chi connectivity index (χ4n) is 3.74. The first-order chi connectivity index (χ1) is 12.6. The summed E-state index contributed by atoms with van der Waals surface area (Å²) in [7, 11) is 2.14. The lowest BCUT2D eigenvalue weighted by Crippen LogP contribution is -2.30.